The fourth-order valence-corrected chi connectivity index (χ4v) is 1.77. The molecule has 1 saturated heterocycles. The molecule has 2 rings (SSSR count). The summed E-state index contributed by atoms with van der Waals surface area (Å²) in [5, 5.41) is 12.4. The van der Waals surface area contributed by atoms with E-state index in [1.54, 1.807) is 6.20 Å². The highest BCUT2D eigenvalue weighted by Crippen LogP contribution is 2.18. The molecule has 6 heteroatoms. The van der Waals surface area contributed by atoms with Gasteiger partial charge in [0.25, 0.3) is 0 Å². The first kappa shape index (κ1) is 9.67. The van der Waals surface area contributed by atoms with Crippen molar-refractivity contribution in [2.75, 3.05) is 11.9 Å². The second-order valence-corrected chi connectivity index (χ2v) is 4.09. The predicted octanol–water partition coefficient (Wildman–Crippen LogP) is 0.863. The van der Waals surface area contributed by atoms with E-state index in [-0.39, 0.29) is 11.9 Å². The lowest BCUT2D eigenvalue weighted by Crippen LogP contribution is -2.35. The zero-order valence-electron chi connectivity index (χ0n) is 7.51. The van der Waals surface area contributed by atoms with Crippen LogP contribution in [0, 0.1) is 0 Å². The van der Waals surface area contributed by atoms with Crippen LogP contribution in [0.4, 0.5) is 5.82 Å². The van der Waals surface area contributed by atoms with Crippen LogP contribution in [0.1, 0.15) is 12.8 Å². The normalized spacial score (nSPS) is 21.1. The number of hydrogen-bond acceptors (Lipinski definition) is 3. The molecule has 0 unspecified atom stereocenters. The maximum Gasteiger partial charge on any atom is 0.242 e. The molecule has 2 heterocycles. The summed E-state index contributed by atoms with van der Waals surface area (Å²) in [6.07, 6.45) is 3.57. The highest BCUT2D eigenvalue weighted by Gasteiger charge is 2.22. The van der Waals surface area contributed by atoms with E-state index in [0.717, 1.165) is 23.9 Å². The second kappa shape index (κ2) is 4.10. The van der Waals surface area contributed by atoms with Gasteiger partial charge >= 0.3 is 0 Å². The van der Waals surface area contributed by atoms with Gasteiger partial charge in [-0.05, 0) is 35.3 Å². The number of anilines is 1. The highest BCUT2D eigenvalue weighted by atomic mass is 79.9. The lowest BCUT2D eigenvalue weighted by molar-refractivity contribution is -0.117. The summed E-state index contributed by atoms with van der Waals surface area (Å²) in [7, 11) is 0. The topological polar surface area (TPSA) is 69.8 Å². The Morgan fingerprint density at radius 1 is 1.71 bits per heavy atom. The summed E-state index contributed by atoms with van der Waals surface area (Å²) in [6.45, 7) is 0.919. The zero-order valence-corrected chi connectivity index (χ0v) is 9.10. The Balaban J connectivity index is 1.97. The van der Waals surface area contributed by atoms with Crippen LogP contribution in [-0.4, -0.2) is 28.7 Å². The van der Waals surface area contributed by atoms with E-state index in [1.807, 2.05) is 0 Å². The molecule has 0 aromatic carbocycles. The first-order chi connectivity index (χ1) is 6.77. The average Bonchev–Trinajstić information content (AvgIpc) is 2.77. The largest absolute Gasteiger partial charge is 0.309 e. The van der Waals surface area contributed by atoms with Crippen molar-refractivity contribution >= 4 is 27.7 Å². The molecule has 1 fully saturated rings. The molecule has 1 atom stereocenters. The van der Waals surface area contributed by atoms with Gasteiger partial charge in [0.2, 0.25) is 5.91 Å². The third-order valence-corrected chi connectivity index (χ3v) is 2.82. The van der Waals surface area contributed by atoms with Crippen LogP contribution in [-0.2, 0) is 4.79 Å². The second-order valence-electron chi connectivity index (χ2n) is 3.23. The van der Waals surface area contributed by atoms with Crippen LogP contribution in [0.2, 0.25) is 0 Å². The number of aromatic nitrogens is 2. The number of aromatic amines is 1. The van der Waals surface area contributed by atoms with Crippen LogP contribution in [0.3, 0.4) is 0 Å². The van der Waals surface area contributed by atoms with Crippen molar-refractivity contribution in [1.82, 2.24) is 15.5 Å². The van der Waals surface area contributed by atoms with Crippen LogP contribution >= 0.6 is 15.9 Å². The number of carbonyl (C=O) groups is 1. The SMILES string of the molecule is O=C(Nc1[nH]ncc1Br)[C@H]1CCCN1. The van der Waals surface area contributed by atoms with Crippen LogP contribution < -0.4 is 10.6 Å². The molecule has 0 spiro atoms. The number of nitrogens with zero attached hydrogens (tertiary/aromatic N) is 1. The number of hydrogen-bond donors (Lipinski definition) is 3. The zero-order chi connectivity index (χ0) is 9.97. The molecule has 76 valence electrons. The maximum absolute atomic E-state index is 11.6. The van der Waals surface area contributed by atoms with E-state index >= 15 is 0 Å². The quantitative estimate of drug-likeness (QED) is 0.737. The third-order valence-electron chi connectivity index (χ3n) is 2.22. The summed E-state index contributed by atoms with van der Waals surface area (Å²) in [4.78, 5) is 11.6. The molecule has 14 heavy (non-hydrogen) atoms. The van der Waals surface area contributed by atoms with E-state index in [0.29, 0.717) is 5.82 Å². The van der Waals surface area contributed by atoms with Gasteiger partial charge in [0.05, 0.1) is 16.7 Å². The van der Waals surface area contributed by atoms with E-state index in [2.05, 4.69) is 36.8 Å². The Kier molecular flexibility index (Phi) is 2.83. The minimum absolute atomic E-state index is 0.00699. The van der Waals surface area contributed by atoms with E-state index in [9.17, 15) is 4.79 Å². The third kappa shape index (κ3) is 1.96. The van der Waals surface area contributed by atoms with Crippen LogP contribution in [0.5, 0.6) is 0 Å². The number of amides is 1. The Labute approximate surface area is 89.8 Å². The van der Waals surface area contributed by atoms with Crippen molar-refractivity contribution in [2.24, 2.45) is 0 Å². The summed E-state index contributed by atoms with van der Waals surface area (Å²) in [5.74, 6) is 0.608. The Morgan fingerprint density at radius 3 is 3.14 bits per heavy atom. The van der Waals surface area contributed by atoms with Gasteiger partial charge < -0.3 is 10.6 Å². The first-order valence-corrected chi connectivity index (χ1v) is 5.30. The molecule has 0 saturated carbocycles. The molecular weight excluding hydrogens is 248 g/mol. The summed E-state index contributed by atoms with van der Waals surface area (Å²) < 4.78 is 0.767. The standard InChI is InChI=1S/C8H11BrN4O/c9-5-4-11-13-7(5)12-8(14)6-2-1-3-10-6/h4,6,10H,1-3H2,(H2,11,12,13,14)/t6-/m1/s1. The van der Waals surface area contributed by atoms with Crippen molar-refractivity contribution in [2.45, 2.75) is 18.9 Å². The number of H-pyrrole nitrogens is 1. The number of nitrogens with one attached hydrogen (secondary N) is 3. The fraction of sp³-hybridized carbons (Fsp3) is 0.500. The predicted molar refractivity (Wildman–Crippen MR) is 55.9 cm³/mol. The van der Waals surface area contributed by atoms with Gasteiger partial charge in [0, 0.05) is 0 Å². The van der Waals surface area contributed by atoms with Gasteiger partial charge in [-0.2, -0.15) is 5.10 Å². The molecule has 1 aliphatic heterocycles. The molecule has 0 radical (unpaired) electrons. The summed E-state index contributed by atoms with van der Waals surface area (Å²) in [5.41, 5.74) is 0. The molecule has 1 amide bonds. The van der Waals surface area contributed by atoms with Crippen molar-refractivity contribution in [1.29, 1.82) is 0 Å². The molecule has 0 aliphatic carbocycles. The van der Waals surface area contributed by atoms with Gasteiger partial charge in [-0.15, -0.1) is 0 Å². The van der Waals surface area contributed by atoms with E-state index < -0.39 is 0 Å². The van der Waals surface area contributed by atoms with Crippen LogP contribution in [0.15, 0.2) is 10.7 Å². The minimum atomic E-state index is -0.0646. The molecule has 3 N–H and O–H groups in total. The lowest BCUT2D eigenvalue weighted by Gasteiger charge is -2.09. The van der Waals surface area contributed by atoms with Gasteiger partial charge in [-0.1, -0.05) is 0 Å². The monoisotopic (exact) mass is 258 g/mol. The number of halogens is 1. The Hall–Kier alpha value is -0.880. The van der Waals surface area contributed by atoms with Gasteiger partial charge in [-0.25, -0.2) is 0 Å². The first-order valence-electron chi connectivity index (χ1n) is 4.50. The van der Waals surface area contributed by atoms with Crippen molar-refractivity contribution in [3.05, 3.63) is 10.7 Å². The number of rotatable bonds is 2. The molecule has 1 aromatic heterocycles. The Morgan fingerprint density at radius 2 is 2.57 bits per heavy atom. The lowest BCUT2D eigenvalue weighted by atomic mass is 10.2. The molecule has 5 nitrogen and oxygen atoms in total. The Bertz CT molecular complexity index is 332. The molecule has 1 aliphatic rings. The maximum atomic E-state index is 11.6. The molecular formula is C8H11BrN4O. The number of carbonyl (C=O) groups excluding carboxylic acids is 1. The van der Waals surface area contributed by atoms with Crippen molar-refractivity contribution in [3.8, 4) is 0 Å². The van der Waals surface area contributed by atoms with E-state index in [4.69, 9.17) is 0 Å². The van der Waals surface area contributed by atoms with Gasteiger partial charge in [-0.3, -0.25) is 9.89 Å². The van der Waals surface area contributed by atoms with Gasteiger partial charge in [0.1, 0.15) is 5.82 Å². The average molecular weight is 259 g/mol. The summed E-state index contributed by atoms with van der Waals surface area (Å²) >= 11 is 3.27. The highest BCUT2D eigenvalue weighted by molar-refractivity contribution is 9.10. The van der Waals surface area contributed by atoms with Crippen molar-refractivity contribution in [3.63, 3.8) is 0 Å². The summed E-state index contributed by atoms with van der Waals surface area (Å²) in [6, 6.07) is -0.0646. The smallest absolute Gasteiger partial charge is 0.242 e. The van der Waals surface area contributed by atoms with E-state index in [1.165, 1.54) is 0 Å². The molecule has 0 bridgehead atoms. The fourth-order valence-electron chi connectivity index (χ4n) is 1.48. The minimum Gasteiger partial charge on any atom is -0.309 e. The van der Waals surface area contributed by atoms with Gasteiger partial charge in [0.15, 0.2) is 0 Å². The van der Waals surface area contributed by atoms with Crippen molar-refractivity contribution < 1.29 is 4.79 Å². The van der Waals surface area contributed by atoms with Crippen LogP contribution in [0.25, 0.3) is 0 Å². The molecule has 1 aromatic rings.